The lowest BCUT2D eigenvalue weighted by Crippen LogP contribution is -2.46. The largest absolute Gasteiger partial charge is 0.444 e. The third-order valence-corrected chi connectivity index (χ3v) is 8.61. The summed E-state index contributed by atoms with van der Waals surface area (Å²) in [4.78, 5) is 33.7. The Bertz CT molecular complexity index is 1610. The van der Waals surface area contributed by atoms with Crippen LogP contribution in [0.25, 0.3) is 22.2 Å². The molecule has 1 saturated heterocycles. The van der Waals surface area contributed by atoms with Crippen LogP contribution < -0.4 is 5.32 Å². The van der Waals surface area contributed by atoms with Crippen molar-refractivity contribution in [2.45, 2.75) is 77.0 Å². The quantitative estimate of drug-likeness (QED) is 0.170. The van der Waals surface area contributed by atoms with E-state index in [4.69, 9.17) is 26.1 Å². The Morgan fingerprint density at radius 2 is 1.76 bits per heavy atom. The lowest BCUT2D eigenvalue weighted by molar-refractivity contribution is -0.132. The summed E-state index contributed by atoms with van der Waals surface area (Å²) in [6.45, 7) is 8.11. The van der Waals surface area contributed by atoms with Gasteiger partial charge in [0.05, 0.1) is 16.1 Å². The number of benzene rings is 3. The topological polar surface area (TPSA) is 85.7 Å². The highest BCUT2D eigenvalue weighted by atomic mass is 35.5. The van der Waals surface area contributed by atoms with Crippen molar-refractivity contribution in [3.8, 4) is 11.1 Å². The lowest BCUT2D eigenvalue weighted by Gasteiger charge is -2.34. The number of aromatic nitrogens is 2. The molecule has 5 rings (SSSR count). The molecule has 0 aliphatic carbocycles. The van der Waals surface area contributed by atoms with E-state index in [1.807, 2.05) is 62.1 Å². The Kier molecular flexibility index (Phi) is 11.0. The van der Waals surface area contributed by atoms with Crippen LogP contribution in [-0.4, -0.2) is 64.9 Å². The monoisotopic (exact) mass is 644 g/mol. The molecule has 1 N–H and O–H groups in total. The minimum Gasteiger partial charge on any atom is -0.444 e. The Hall–Kier alpha value is -3.88. The van der Waals surface area contributed by atoms with Gasteiger partial charge in [0.25, 0.3) is 0 Å². The zero-order chi connectivity index (χ0) is 32.7. The molecule has 2 amide bonds. The van der Waals surface area contributed by atoms with E-state index in [9.17, 15) is 9.59 Å². The van der Waals surface area contributed by atoms with Gasteiger partial charge in [0.2, 0.25) is 5.91 Å². The first-order valence-electron chi connectivity index (χ1n) is 16.2. The standard InChI is InChI=1S/C37H45ClN4O4/c1-37(2,3)46-36(44)39-30(23-26-16-18-28(19-17-26)27-11-6-5-7-12-27)24-33(43)41-20-9-13-29(25-41)35-40-32-15-8-14-31(38)34(32)42(35)21-10-22-45-4/h5-8,11-12,14-19,29-30H,9-10,13,20-25H2,1-4H3,(H,39,44). The number of ether oxygens (including phenoxy) is 2. The summed E-state index contributed by atoms with van der Waals surface area (Å²) in [7, 11) is 1.70. The van der Waals surface area contributed by atoms with Gasteiger partial charge in [0.15, 0.2) is 0 Å². The number of carbonyl (C=O) groups is 2. The van der Waals surface area contributed by atoms with Gasteiger partial charge >= 0.3 is 6.09 Å². The summed E-state index contributed by atoms with van der Waals surface area (Å²) in [6.07, 6.45) is 2.79. The van der Waals surface area contributed by atoms with E-state index < -0.39 is 17.7 Å². The van der Waals surface area contributed by atoms with Crippen molar-refractivity contribution >= 4 is 34.6 Å². The molecular formula is C37H45ClN4O4. The van der Waals surface area contributed by atoms with E-state index in [2.05, 4.69) is 46.3 Å². The normalized spacial score (nSPS) is 15.9. The van der Waals surface area contributed by atoms with Crippen molar-refractivity contribution in [2.24, 2.45) is 0 Å². The number of para-hydroxylation sites is 1. The first kappa shape index (κ1) is 33.5. The van der Waals surface area contributed by atoms with E-state index in [0.29, 0.717) is 31.1 Å². The highest BCUT2D eigenvalue weighted by Gasteiger charge is 2.31. The maximum atomic E-state index is 13.9. The number of nitrogens with one attached hydrogen (secondary N) is 1. The third-order valence-electron chi connectivity index (χ3n) is 8.30. The van der Waals surface area contributed by atoms with Crippen molar-refractivity contribution in [3.05, 3.63) is 89.2 Å². The summed E-state index contributed by atoms with van der Waals surface area (Å²) in [6, 6.07) is 23.9. The van der Waals surface area contributed by atoms with Crippen molar-refractivity contribution in [1.29, 1.82) is 0 Å². The second-order valence-electron chi connectivity index (χ2n) is 13.1. The molecule has 9 heteroatoms. The maximum Gasteiger partial charge on any atom is 0.407 e. The number of piperidine rings is 1. The van der Waals surface area contributed by atoms with Gasteiger partial charge in [-0.25, -0.2) is 9.78 Å². The summed E-state index contributed by atoms with van der Waals surface area (Å²) < 4.78 is 13.1. The van der Waals surface area contributed by atoms with Gasteiger partial charge in [-0.15, -0.1) is 0 Å². The van der Waals surface area contributed by atoms with Crippen LogP contribution in [0.3, 0.4) is 0 Å². The number of hydrogen-bond acceptors (Lipinski definition) is 5. The number of aryl methyl sites for hydroxylation is 1. The van der Waals surface area contributed by atoms with Crippen molar-refractivity contribution in [3.63, 3.8) is 0 Å². The molecule has 3 aromatic carbocycles. The average molecular weight is 645 g/mol. The molecular weight excluding hydrogens is 600 g/mol. The number of fused-ring (bicyclic) bond motifs is 1. The molecule has 4 aromatic rings. The number of alkyl carbamates (subject to hydrolysis) is 1. The molecule has 1 fully saturated rings. The van der Waals surface area contributed by atoms with E-state index in [1.165, 1.54) is 0 Å². The van der Waals surface area contributed by atoms with Gasteiger partial charge in [-0.3, -0.25) is 4.79 Å². The molecule has 1 aliphatic rings. The number of amides is 2. The molecule has 0 radical (unpaired) electrons. The fourth-order valence-electron chi connectivity index (χ4n) is 6.22. The molecule has 0 saturated carbocycles. The van der Waals surface area contributed by atoms with Crippen molar-refractivity contribution < 1.29 is 19.1 Å². The number of nitrogens with zero attached hydrogens (tertiary/aromatic N) is 3. The molecule has 2 atom stereocenters. The van der Waals surface area contributed by atoms with Crippen LogP contribution >= 0.6 is 11.6 Å². The molecule has 2 unspecified atom stereocenters. The molecule has 46 heavy (non-hydrogen) atoms. The Morgan fingerprint density at radius 1 is 1.02 bits per heavy atom. The number of rotatable bonds is 11. The van der Waals surface area contributed by atoms with Crippen LogP contribution in [-0.2, 0) is 27.2 Å². The van der Waals surface area contributed by atoms with Crippen LogP contribution in [0.1, 0.15) is 63.8 Å². The predicted octanol–water partition coefficient (Wildman–Crippen LogP) is 7.63. The van der Waals surface area contributed by atoms with Gasteiger partial charge in [-0.2, -0.15) is 0 Å². The van der Waals surface area contributed by atoms with Crippen LogP contribution in [0.15, 0.2) is 72.8 Å². The lowest BCUT2D eigenvalue weighted by atomic mass is 9.95. The number of carbonyl (C=O) groups excluding carboxylic acids is 2. The molecule has 0 spiro atoms. The number of imidazole rings is 1. The number of methoxy groups -OCH3 is 1. The van der Waals surface area contributed by atoms with Gasteiger partial charge in [-0.05, 0) is 75.3 Å². The van der Waals surface area contributed by atoms with Crippen LogP contribution in [0, 0.1) is 0 Å². The summed E-state index contributed by atoms with van der Waals surface area (Å²) in [5.74, 6) is 1.04. The second-order valence-corrected chi connectivity index (χ2v) is 13.5. The zero-order valence-corrected chi connectivity index (χ0v) is 28.1. The van der Waals surface area contributed by atoms with E-state index >= 15 is 0 Å². The highest BCUT2D eigenvalue weighted by Crippen LogP contribution is 2.33. The first-order chi connectivity index (χ1) is 22.1. The highest BCUT2D eigenvalue weighted by molar-refractivity contribution is 6.35. The van der Waals surface area contributed by atoms with E-state index in [0.717, 1.165) is 59.4 Å². The minimum absolute atomic E-state index is 0.00624. The van der Waals surface area contributed by atoms with Gasteiger partial charge < -0.3 is 24.3 Å². The SMILES string of the molecule is COCCCn1c(C2CCCN(C(=O)CC(Cc3ccc(-c4ccccc4)cc3)NC(=O)OC(C)(C)C)C2)nc2cccc(Cl)c21. The fourth-order valence-corrected chi connectivity index (χ4v) is 6.49. The van der Waals surface area contributed by atoms with Gasteiger partial charge in [0.1, 0.15) is 11.4 Å². The van der Waals surface area contributed by atoms with Crippen LogP contribution in [0.2, 0.25) is 5.02 Å². The summed E-state index contributed by atoms with van der Waals surface area (Å²) in [5.41, 5.74) is 4.44. The van der Waals surface area contributed by atoms with Gasteiger partial charge in [-0.1, -0.05) is 72.3 Å². The second kappa shape index (κ2) is 15.1. The summed E-state index contributed by atoms with van der Waals surface area (Å²) >= 11 is 6.65. The molecule has 1 aromatic heterocycles. The Labute approximate surface area is 277 Å². The number of likely N-dealkylation sites (tertiary alicyclic amines) is 1. The number of hydrogen-bond donors (Lipinski definition) is 1. The average Bonchev–Trinajstić information content (AvgIpc) is 3.41. The van der Waals surface area contributed by atoms with Gasteiger partial charge in [0, 0.05) is 51.7 Å². The minimum atomic E-state index is -0.645. The Morgan fingerprint density at radius 3 is 2.48 bits per heavy atom. The third kappa shape index (κ3) is 8.68. The number of halogens is 1. The molecule has 2 heterocycles. The molecule has 8 nitrogen and oxygen atoms in total. The van der Waals surface area contributed by atoms with Crippen LogP contribution in [0.4, 0.5) is 4.79 Å². The summed E-state index contributed by atoms with van der Waals surface area (Å²) in [5, 5.41) is 3.66. The molecule has 244 valence electrons. The fraction of sp³-hybridized carbons (Fsp3) is 0.432. The molecule has 1 aliphatic heterocycles. The van der Waals surface area contributed by atoms with E-state index in [1.54, 1.807) is 7.11 Å². The van der Waals surface area contributed by atoms with Crippen LogP contribution in [0.5, 0.6) is 0 Å². The molecule has 0 bridgehead atoms. The van der Waals surface area contributed by atoms with Crippen molar-refractivity contribution in [2.75, 3.05) is 26.8 Å². The van der Waals surface area contributed by atoms with E-state index in [-0.39, 0.29) is 18.2 Å². The smallest absolute Gasteiger partial charge is 0.407 e. The maximum absolute atomic E-state index is 13.9. The predicted molar refractivity (Wildman–Crippen MR) is 183 cm³/mol. The Balaban J connectivity index is 1.32. The van der Waals surface area contributed by atoms with Crippen molar-refractivity contribution in [1.82, 2.24) is 19.8 Å². The first-order valence-corrected chi connectivity index (χ1v) is 16.5. The zero-order valence-electron chi connectivity index (χ0n) is 27.3.